The van der Waals surface area contributed by atoms with Crippen LogP contribution >= 0.6 is 191 Å². The highest BCUT2D eigenvalue weighted by Crippen LogP contribution is 2.63. The monoisotopic (exact) mass is 1140 g/mol. The topological polar surface area (TPSA) is 0 Å². The zero-order valence-electron chi connectivity index (χ0n) is 13.8. The number of hydrogen-bond acceptors (Lipinski definition) is 0. The summed E-state index contributed by atoms with van der Waals surface area (Å²) in [7, 11) is 0. The van der Waals surface area contributed by atoms with Gasteiger partial charge < -0.3 is 0 Å². The molecular weight excluding hydrogens is 1140 g/mol. The van der Waals surface area contributed by atoms with E-state index >= 15 is 0 Å². The van der Waals surface area contributed by atoms with Crippen molar-refractivity contribution in [3.8, 4) is 0 Å². The molecule has 3 atom stereocenters. The first kappa shape index (κ1) is 30.0. The highest BCUT2D eigenvalue weighted by molar-refractivity contribution is 9.39. The van der Waals surface area contributed by atoms with Gasteiger partial charge in [0.25, 0.3) is 0 Å². The molecule has 0 N–H and O–H groups in total. The van der Waals surface area contributed by atoms with Crippen LogP contribution in [0.15, 0.2) is 0 Å². The molecule has 0 heterocycles. The zero-order valence-corrected chi connectivity index (χ0v) is 32.8. The van der Waals surface area contributed by atoms with Crippen LogP contribution in [0.25, 0.3) is 0 Å². The maximum absolute atomic E-state index is 3.82. The second-order valence-corrected chi connectivity index (χ2v) is 30.1. The largest absolute Gasteiger partial charge is 0.160 e. The Hall–Kier alpha value is 4.98. The molecule has 0 spiro atoms. The molecule has 0 bridgehead atoms. The van der Waals surface area contributed by atoms with Crippen LogP contribution in [0, 0.1) is 0 Å². The SMILES string of the molecule is CC(Br)c1c(C(Br)(Br)Br)c(C(C)Br)c(C(Br)(Br)Br)c(C(C)Br)c1C(Br)(Br)Br. The van der Waals surface area contributed by atoms with E-state index in [4.69, 9.17) is 0 Å². The van der Waals surface area contributed by atoms with Crippen LogP contribution in [0.2, 0.25) is 0 Å². The first-order chi connectivity index (χ1) is 11.8. The van der Waals surface area contributed by atoms with Gasteiger partial charge >= 0.3 is 0 Å². The number of hydrogen-bond donors (Lipinski definition) is 0. The van der Waals surface area contributed by atoms with Gasteiger partial charge in [0.1, 0.15) is 0 Å². The number of alkyl halides is 12. The Bertz CT molecular complexity index is 572. The predicted octanol–water partition coefficient (Wildman–Crippen LogP) is 12.9. The molecule has 0 aliphatic carbocycles. The molecule has 0 fully saturated rings. The molecule has 0 aliphatic rings. The molecule has 156 valence electrons. The lowest BCUT2D eigenvalue weighted by Gasteiger charge is -2.37. The fourth-order valence-electron chi connectivity index (χ4n) is 2.92. The number of halogens is 12. The molecule has 1 aromatic rings. The number of rotatable bonds is 3. The Balaban J connectivity index is 4.55. The van der Waals surface area contributed by atoms with E-state index < -0.39 is 6.43 Å². The maximum atomic E-state index is 3.82. The molecule has 0 aliphatic heterocycles. The smallest absolute Gasteiger partial charge is 0.0842 e. The average Bonchev–Trinajstić information content (AvgIpc) is 2.40. The molecule has 0 saturated heterocycles. The molecule has 0 radical (unpaired) electrons. The number of benzene rings is 1. The minimum absolute atomic E-state index is 0.0703. The van der Waals surface area contributed by atoms with E-state index in [1.807, 2.05) is 0 Å². The van der Waals surface area contributed by atoms with Gasteiger partial charge in [-0.3, -0.25) is 0 Å². The molecule has 0 aromatic heterocycles. The lowest BCUT2D eigenvalue weighted by atomic mass is 9.85. The van der Waals surface area contributed by atoms with Gasteiger partial charge in [-0.2, -0.15) is 0 Å². The third-order valence-corrected chi connectivity index (χ3v) is 8.60. The van der Waals surface area contributed by atoms with Crippen molar-refractivity contribution in [2.75, 3.05) is 0 Å². The van der Waals surface area contributed by atoms with Crippen LogP contribution in [0.3, 0.4) is 0 Å². The Labute approximate surface area is 261 Å². The fourth-order valence-corrected chi connectivity index (χ4v) is 8.14. The maximum Gasteiger partial charge on any atom is 0.160 e. The molecule has 0 saturated carbocycles. The van der Waals surface area contributed by atoms with Crippen molar-refractivity contribution in [3.05, 3.63) is 33.4 Å². The average molecular weight is 1150 g/mol. The zero-order chi connectivity index (χ0) is 21.7. The van der Waals surface area contributed by atoms with Gasteiger partial charge in [-0.05, 0) is 54.2 Å². The van der Waals surface area contributed by atoms with E-state index in [1.54, 1.807) is 0 Å². The van der Waals surface area contributed by atoms with Gasteiger partial charge in [0.15, 0.2) is 6.43 Å². The normalized spacial score (nSPS) is 17.0. The molecule has 27 heavy (non-hydrogen) atoms. The second-order valence-electron chi connectivity index (χ2n) is 5.71. The van der Waals surface area contributed by atoms with Crippen molar-refractivity contribution < 1.29 is 0 Å². The summed E-state index contributed by atoms with van der Waals surface area (Å²) in [6, 6.07) is 0. The Morgan fingerprint density at radius 1 is 0.444 bits per heavy atom. The van der Waals surface area contributed by atoms with Gasteiger partial charge in [-0.15, -0.1) is 0 Å². The van der Waals surface area contributed by atoms with Gasteiger partial charge in [-0.25, -0.2) is 0 Å². The van der Waals surface area contributed by atoms with Crippen molar-refractivity contribution in [3.63, 3.8) is 0 Å². The van der Waals surface area contributed by atoms with Crippen LogP contribution in [-0.2, 0) is 6.43 Å². The summed E-state index contributed by atoms with van der Waals surface area (Å²) < 4.78 is -1.89. The van der Waals surface area contributed by atoms with Crippen molar-refractivity contribution in [2.45, 2.75) is 41.7 Å². The van der Waals surface area contributed by atoms with Gasteiger partial charge in [0.2, 0.25) is 0 Å². The van der Waals surface area contributed by atoms with Crippen molar-refractivity contribution >= 4 is 191 Å². The van der Waals surface area contributed by atoms with E-state index in [9.17, 15) is 0 Å². The van der Waals surface area contributed by atoms with Crippen molar-refractivity contribution in [1.82, 2.24) is 0 Å². The quantitative estimate of drug-likeness (QED) is 0.265. The molecule has 3 unspecified atom stereocenters. The van der Waals surface area contributed by atoms with Crippen molar-refractivity contribution in [1.29, 1.82) is 0 Å². The summed E-state index contributed by atoms with van der Waals surface area (Å²) in [5, 5.41) is 0. The standard InChI is InChI=1S/C15H12Br12/c1-4(16)7-10(13(19,20)21)8(5(2)17)12(15(25,26)27)9(6(3)18)11(7)14(22,23)24/h4-6H,1-3H3. The summed E-state index contributed by atoms with van der Waals surface area (Å²) in [4.78, 5) is 0.211. The first-order valence-electron chi connectivity index (χ1n) is 7.20. The van der Waals surface area contributed by atoms with Crippen LogP contribution in [0.1, 0.15) is 68.6 Å². The van der Waals surface area contributed by atoms with Gasteiger partial charge in [0, 0.05) is 14.5 Å². The fraction of sp³-hybridized carbons (Fsp3) is 0.600. The van der Waals surface area contributed by atoms with E-state index in [2.05, 4.69) is 212 Å². The molecule has 0 amide bonds. The predicted molar refractivity (Wildman–Crippen MR) is 164 cm³/mol. The second kappa shape index (κ2) is 11.1. The molecule has 0 nitrogen and oxygen atoms in total. The van der Waals surface area contributed by atoms with E-state index in [-0.39, 0.29) is 14.5 Å². The third-order valence-electron chi connectivity index (χ3n) is 3.66. The van der Waals surface area contributed by atoms with Crippen LogP contribution in [0.4, 0.5) is 0 Å². The highest BCUT2D eigenvalue weighted by Gasteiger charge is 2.44. The lowest BCUT2D eigenvalue weighted by molar-refractivity contribution is 0.924. The van der Waals surface area contributed by atoms with E-state index in [1.165, 1.54) is 0 Å². The Kier molecular flexibility index (Phi) is 12.4. The minimum Gasteiger partial charge on any atom is -0.0842 e. The molecule has 12 heteroatoms. The summed E-state index contributed by atoms with van der Waals surface area (Å²) in [6.45, 7) is 6.36. The first-order valence-corrected chi connectivity index (χ1v) is 17.1. The van der Waals surface area contributed by atoms with Crippen molar-refractivity contribution in [2.24, 2.45) is 0 Å². The minimum atomic E-state index is -0.629. The third kappa shape index (κ3) is 7.48. The molecular formula is C15H12Br12. The summed E-state index contributed by atoms with van der Waals surface area (Å²) >= 11 is 45.4. The van der Waals surface area contributed by atoms with E-state index in [0.29, 0.717) is 0 Å². The molecule has 1 aromatic carbocycles. The van der Waals surface area contributed by atoms with Crippen LogP contribution < -0.4 is 0 Å². The summed E-state index contributed by atoms with van der Waals surface area (Å²) in [5.41, 5.74) is 6.62. The van der Waals surface area contributed by atoms with Gasteiger partial charge in [0.05, 0.1) is 0 Å². The summed E-state index contributed by atoms with van der Waals surface area (Å²) in [6.07, 6.45) is 0. The highest BCUT2D eigenvalue weighted by atomic mass is 80.0. The lowest BCUT2D eigenvalue weighted by Crippen LogP contribution is -2.24. The van der Waals surface area contributed by atoms with Gasteiger partial charge in [-0.1, -0.05) is 191 Å². The van der Waals surface area contributed by atoms with E-state index in [0.717, 1.165) is 33.4 Å². The summed E-state index contributed by atoms with van der Waals surface area (Å²) in [5.74, 6) is 0. The Morgan fingerprint density at radius 2 is 0.593 bits per heavy atom. The Morgan fingerprint density at radius 3 is 0.667 bits per heavy atom. The van der Waals surface area contributed by atoms with Crippen LogP contribution in [0.5, 0.6) is 0 Å². The van der Waals surface area contributed by atoms with Crippen LogP contribution in [-0.4, -0.2) is 0 Å². The molecule has 1 rings (SSSR count).